The van der Waals surface area contributed by atoms with Crippen LogP contribution in [-0.2, 0) is 4.79 Å². The summed E-state index contributed by atoms with van der Waals surface area (Å²) in [5.41, 5.74) is 2.74. The first kappa shape index (κ1) is 14.9. The lowest BCUT2D eigenvalue weighted by atomic mass is 10.1. The van der Waals surface area contributed by atoms with E-state index in [2.05, 4.69) is 0 Å². The SMILES string of the molecule is Cc1ccccc1/C=C1\SC(=N)N(c2ccc(Cl)cc2)C1=O. The van der Waals surface area contributed by atoms with Crippen LogP contribution in [0.4, 0.5) is 5.69 Å². The number of anilines is 1. The van der Waals surface area contributed by atoms with Crippen molar-refractivity contribution in [1.29, 1.82) is 5.41 Å². The van der Waals surface area contributed by atoms with E-state index in [1.165, 1.54) is 16.7 Å². The van der Waals surface area contributed by atoms with Gasteiger partial charge in [0.2, 0.25) is 0 Å². The Morgan fingerprint density at radius 3 is 2.50 bits per heavy atom. The molecule has 0 atom stereocenters. The highest BCUT2D eigenvalue weighted by molar-refractivity contribution is 8.19. The maximum atomic E-state index is 12.6. The Balaban J connectivity index is 1.95. The number of halogens is 1. The monoisotopic (exact) mass is 328 g/mol. The van der Waals surface area contributed by atoms with Crippen molar-refractivity contribution in [3.8, 4) is 0 Å². The molecule has 22 heavy (non-hydrogen) atoms. The lowest BCUT2D eigenvalue weighted by molar-refractivity contribution is -0.113. The van der Waals surface area contributed by atoms with E-state index in [9.17, 15) is 4.79 Å². The van der Waals surface area contributed by atoms with Crippen LogP contribution in [0.2, 0.25) is 5.02 Å². The van der Waals surface area contributed by atoms with Crippen LogP contribution in [0.3, 0.4) is 0 Å². The number of hydrogen-bond donors (Lipinski definition) is 1. The third-order valence-electron chi connectivity index (χ3n) is 3.38. The van der Waals surface area contributed by atoms with Gasteiger partial charge in [0.15, 0.2) is 5.17 Å². The van der Waals surface area contributed by atoms with Gasteiger partial charge in [0.05, 0.1) is 10.6 Å². The van der Waals surface area contributed by atoms with Crippen molar-refractivity contribution in [2.45, 2.75) is 6.92 Å². The molecule has 0 aliphatic carbocycles. The van der Waals surface area contributed by atoms with Crippen LogP contribution in [0.15, 0.2) is 53.4 Å². The molecule has 110 valence electrons. The average Bonchev–Trinajstić information content (AvgIpc) is 2.77. The fraction of sp³-hybridized carbons (Fsp3) is 0.0588. The van der Waals surface area contributed by atoms with Gasteiger partial charge in [-0.3, -0.25) is 15.1 Å². The molecular weight excluding hydrogens is 316 g/mol. The third kappa shape index (κ3) is 2.80. The molecular formula is C17H13ClN2OS. The second-order valence-electron chi connectivity index (χ2n) is 4.89. The topological polar surface area (TPSA) is 44.2 Å². The van der Waals surface area contributed by atoms with Crippen LogP contribution in [0, 0.1) is 12.3 Å². The van der Waals surface area contributed by atoms with Crippen molar-refractivity contribution < 1.29 is 4.79 Å². The van der Waals surface area contributed by atoms with E-state index >= 15 is 0 Å². The van der Waals surface area contributed by atoms with Gasteiger partial charge in [-0.05, 0) is 60.2 Å². The first-order valence-electron chi connectivity index (χ1n) is 6.70. The van der Waals surface area contributed by atoms with Gasteiger partial charge in [-0.2, -0.15) is 0 Å². The molecule has 3 nitrogen and oxygen atoms in total. The zero-order valence-corrected chi connectivity index (χ0v) is 13.4. The Morgan fingerprint density at radius 2 is 1.82 bits per heavy atom. The number of hydrogen-bond acceptors (Lipinski definition) is 3. The largest absolute Gasteiger partial charge is 0.278 e. The number of rotatable bonds is 2. The standard InChI is InChI=1S/C17H13ClN2OS/c1-11-4-2-3-5-12(11)10-15-16(21)20(17(19)22-15)14-8-6-13(18)7-9-14/h2-10,19H,1H3/b15-10-,19-17?. The van der Waals surface area contributed by atoms with Crippen molar-refractivity contribution in [3.05, 3.63) is 69.6 Å². The number of aryl methyl sites for hydroxylation is 1. The van der Waals surface area contributed by atoms with Crippen molar-refractivity contribution in [2.24, 2.45) is 0 Å². The number of amidine groups is 1. The van der Waals surface area contributed by atoms with Crippen LogP contribution in [0.5, 0.6) is 0 Å². The summed E-state index contributed by atoms with van der Waals surface area (Å²) in [5, 5.41) is 8.87. The molecule has 1 aliphatic rings. The predicted octanol–water partition coefficient (Wildman–Crippen LogP) is 4.70. The van der Waals surface area contributed by atoms with E-state index in [1.54, 1.807) is 24.3 Å². The molecule has 3 rings (SSSR count). The van der Waals surface area contributed by atoms with E-state index in [-0.39, 0.29) is 11.1 Å². The number of thioether (sulfide) groups is 1. The molecule has 0 bridgehead atoms. The molecule has 0 spiro atoms. The maximum absolute atomic E-state index is 12.6. The summed E-state index contributed by atoms with van der Waals surface area (Å²) in [7, 11) is 0. The summed E-state index contributed by atoms with van der Waals surface area (Å²) in [6.07, 6.45) is 1.84. The van der Waals surface area contributed by atoms with Crippen LogP contribution in [0.25, 0.3) is 6.08 Å². The molecule has 0 aromatic heterocycles. The molecule has 1 N–H and O–H groups in total. The fourth-order valence-corrected chi connectivity index (χ4v) is 3.18. The van der Waals surface area contributed by atoms with Gasteiger partial charge in [0.25, 0.3) is 5.91 Å². The molecule has 0 unspecified atom stereocenters. The minimum absolute atomic E-state index is 0.180. The molecule has 1 amide bonds. The molecule has 1 saturated heterocycles. The first-order chi connectivity index (χ1) is 10.6. The maximum Gasteiger partial charge on any atom is 0.271 e. The molecule has 1 fully saturated rings. The predicted molar refractivity (Wildman–Crippen MR) is 93.4 cm³/mol. The Kier molecular flexibility index (Phi) is 4.05. The number of nitrogens with one attached hydrogen (secondary N) is 1. The van der Waals surface area contributed by atoms with E-state index in [0.29, 0.717) is 15.6 Å². The summed E-state index contributed by atoms with van der Waals surface area (Å²) in [6, 6.07) is 14.8. The zero-order valence-electron chi connectivity index (χ0n) is 11.8. The average molecular weight is 329 g/mol. The van der Waals surface area contributed by atoms with Gasteiger partial charge in [-0.25, -0.2) is 0 Å². The minimum atomic E-state index is -0.180. The van der Waals surface area contributed by atoms with Crippen molar-refractivity contribution in [3.63, 3.8) is 0 Å². The minimum Gasteiger partial charge on any atom is -0.278 e. The normalized spacial score (nSPS) is 16.6. The number of carbonyl (C=O) groups is 1. The van der Waals surface area contributed by atoms with E-state index in [1.807, 2.05) is 37.3 Å². The highest BCUT2D eigenvalue weighted by atomic mass is 35.5. The smallest absolute Gasteiger partial charge is 0.271 e. The van der Waals surface area contributed by atoms with Crippen LogP contribution < -0.4 is 4.90 Å². The van der Waals surface area contributed by atoms with Crippen molar-refractivity contribution in [2.75, 3.05) is 4.90 Å². The second-order valence-corrected chi connectivity index (χ2v) is 6.36. The molecule has 0 radical (unpaired) electrons. The molecule has 2 aromatic rings. The van der Waals surface area contributed by atoms with E-state index in [0.717, 1.165) is 11.1 Å². The van der Waals surface area contributed by atoms with E-state index < -0.39 is 0 Å². The number of carbonyl (C=O) groups excluding carboxylic acids is 1. The van der Waals surface area contributed by atoms with Crippen LogP contribution in [0.1, 0.15) is 11.1 Å². The van der Waals surface area contributed by atoms with Gasteiger partial charge in [0, 0.05) is 5.02 Å². The number of benzene rings is 2. The van der Waals surface area contributed by atoms with Crippen molar-refractivity contribution >= 4 is 46.2 Å². The molecule has 0 saturated carbocycles. The molecule has 5 heteroatoms. The van der Waals surface area contributed by atoms with Gasteiger partial charge in [0.1, 0.15) is 0 Å². The Morgan fingerprint density at radius 1 is 1.14 bits per heavy atom. The fourth-order valence-electron chi connectivity index (χ4n) is 2.20. The summed E-state index contributed by atoms with van der Waals surface area (Å²) >= 11 is 7.04. The summed E-state index contributed by atoms with van der Waals surface area (Å²) < 4.78 is 0. The molecule has 1 heterocycles. The van der Waals surface area contributed by atoms with Gasteiger partial charge in [-0.15, -0.1) is 0 Å². The van der Waals surface area contributed by atoms with Gasteiger partial charge in [-0.1, -0.05) is 35.9 Å². The molecule has 2 aromatic carbocycles. The molecule has 1 aliphatic heterocycles. The van der Waals surface area contributed by atoms with Gasteiger partial charge < -0.3 is 0 Å². The summed E-state index contributed by atoms with van der Waals surface area (Å²) in [4.78, 5) is 14.5. The number of amides is 1. The highest BCUT2D eigenvalue weighted by Gasteiger charge is 2.33. The lowest BCUT2D eigenvalue weighted by Gasteiger charge is -2.14. The van der Waals surface area contributed by atoms with Gasteiger partial charge >= 0.3 is 0 Å². The second kappa shape index (κ2) is 5.99. The Labute approximate surface area is 138 Å². The Bertz CT molecular complexity index is 784. The number of nitrogens with zero attached hydrogens (tertiary/aromatic N) is 1. The third-order valence-corrected chi connectivity index (χ3v) is 4.52. The van der Waals surface area contributed by atoms with Crippen LogP contribution in [-0.4, -0.2) is 11.1 Å². The lowest BCUT2D eigenvalue weighted by Crippen LogP contribution is -2.27. The van der Waals surface area contributed by atoms with E-state index in [4.69, 9.17) is 17.0 Å². The van der Waals surface area contributed by atoms with Crippen LogP contribution >= 0.6 is 23.4 Å². The van der Waals surface area contributed by atoms with Crippen molar-refractivity contribution in [1.82, 2.24) is 0 Å². The summed E-state index contributed by atoms with van der Waals surface area (Å²) in [5.74, 6) is -0.180. The Hall–Kier alpha value is -2.04. The highest BCUT2D eigenvalue weighted by Crippen LogP contribution is 2.35. The quantitative estimate of drug-likeness (QED) is 0.812. The first-order valence-corrected chi connectivity index (χ1v) is 7.89. The summed E-state index contributed by atoms with van der Waals surface area (Å²) in [6.45, 7) is 2.00. The zero-order chi connectivity index (χ0) is 15.7.